The van der Waals surface area contributed by atoms with Crippen molar-refractivity contribution in [2.45, 2.75) is 4.83 Å². The Morgan fingerprint density at radius 3 is 3.27 bits per heavy atom. The van der Waals surface area contributed by atoms with Crippen molar-refractivity contribution in [3.63, 3.8) is 0 Å². The van der Waals surface area contributed by atoms with E-state index in [2.05, 4.69) is 25.9 Å². The minimum Gasteiger partial charge on any atom is -0.329 e. The number of fused-ring (bicyclic) bond motifs is 1. The summed E-state index contributed by atoms with van der Waals surface area (Å²) in [6.45, 7) is 0. The SMILES string of the molecule is O=c1cc2c(c[nH]1)C(Br)C=N2. The molecule has 0 saturated heterocycles. The maximum atomic E-state index is 10.8. The van der Waals surface area contributed by atoms with Crippen LogP contribution in [0, 0.1) is 0 Å². The topological polar surface area (TPSA) is 45.2 Å². The molecule has 0 bridgehead atoms. The van der Waals surface area contributed by atoms with Crippen LogP contribution in [-0.4, -0.2) is 11.2 Å². The van der Waals surface area contributed by atoms with E-state index < -0.39 is 0 Å². The minimum atomic E-state index is -0.109. The Balaban J connectivity index is 2.67. The summed E-state index contributed by atoms with van der Waals surface area (Å²) in [5, 5.41) is 0. The van der Waals surface area contributed by atoms with Gasteiger partial charge in [0.05, 0.1) is 10.5 Å². The largest absolute Gasteiger partial charge is 0.329 e. The van der Waals surface area contributed by atoms with E-state index in [1.54, 1.807) is 12.4 Å². The van der Waals surface area contributed by atoms with E-state index in [4.69, 9.17) is 0 Å². The lowest BCUT2D eigenvalue weighted by atomic mass is 10.2. The number of nitrogens with zero attached hydrogens (tertiary/aromatic N) is 1. The lowest BCUT2D eigenvalue weighted by Crippen LogP contribution is -2.02. The summed E-state index contributed by atoms with van der Waals surface area (Å²) < 4.78 is 0. The number of aromatic nitrogens is 1. The van der Waals surface area contributed by atoms with E-state index in [9.17, 15) is 4.79 Å². The molecule has 2 rings (SSSR count). The van der Waals surface area contributed by atoms with Gasteiger partial charge < -0.3 is 4.98 Å². The zero-order valence-corrected chi connectivity index (χ0v) is 7.13. The summed E-state index contributed by atoms with van der Waals surface area (Å²) in [5.74, 6) is 0. The highest BCUT2D eigenvalue weighted by molar-refractivity contribution is 9.09. The monoisotopic (exact) mass is 212 g/mol. The molecule has 3 nitrogen and oxygen atoms in total. The third-order valence-corrected chi connectivity index (χ3v) is 2.30. The van der Waals surface area contributed by atoms with Crippen LogP contribution in [0.1, 0.15) is 10.4 Å². The molecular formula is C7H5BrN2O. The number of rotatable bonds is 0. The maximum absolute atomic E-state index is 10.8. The van der Waals surface area contributed by atoms with Crippen LogP contribution in [0.25, 0.3) is 0 Å². The first-order valence-electron chi connectivity index (χ1n) is 3.18. The molecule has 0 saturated carbocycles. The van der Waals surface area contributed by atoms with Gasteiger partial charge in [0.25, 0.3) is 0 Å². The van der Waals surface area contributed by atoms with Gasteiger partial charge in [-0.25, -0.2) is 0 Å². The van der Waals surface area contributed by atoms with Crippen molar-refractivity contribution in [3.8, 4) is 0 Å². The van der Waals surface area contributed by atoms with Crippen LogP contribution in [0.4, 0.5) is 5.69 Å². The molecule has 0 radical (unpaired) electrons. The lowest BCUT2D eigenvalue weighted by molar-refractivity contribution is 1.19. The number of alkyl halides is 1. The fourth-order valence-electron chi connectivity index (χ4n) is 1.03. The Morgan fingerprint density at radius 2 is 2.45 bits per heavy atom. The zero-order valence-electron chi connectivity index (χ0n) is 5.54. The number of hydrogen-bond donors (Lipinski definition) is 1. The van der Waals surface area contributed by atoms with Gasteiger partial charge in [0.2, 0.25) is 5.56 Å². The molecule has 56 valence electrons. The number of halogens is 1. The molecule has 1 aliphatic rings. The molecule has 1 atom stereocenters. The molecule has 11 heavy (non-hydrogen) atoms. The van der Waals surface area contributed by atoms with Gasteiger partial charge in [-0.1, -0.05) is 15.9 Å². The second-order valence-electron chi connectivity index (χ2n) is 2.32. The van der Waals surface area contributed by atoms with Gasteiger partial charge in [0.15, 0.2) is 0 Å². The second kappa shape index (κ2) is 2.30. The van der Waals surface area contributed by atoms with Gasteiger partial charge in [0, 0.05) is 24.0 Å². The van der Waals surface area contributed by atoms with Crippen molar-refractivity contribution in [2.24, 2.45) is 4.99 Å². The quantitative estimate of drug-likeness (QED) is 0.652. The van der Waals surface area contributed by atoms with Crippen molar-refractivity contribution < 1.29 is 0 Å². The van der Waals surface area contributed by atoms with E-state index in [0.29, 0.717) is 0 Å². The number of aromatic amines is 1. The summed E-state index contributed by atoms with van der Waals surface area (Å²) >= 11 is 3.39. The highest BCUT2D eigenvalue weighted by Crippen LogP contribution is 2.33. The standard InChI is InChI=1S/C7H5BrN2O/c8-5-3-9-6-1-7(11)10-2-4(5)6/h1-3,5H,(H,10,11). The molecule has 0 amide bonds. The van der Waals surface area contributed by atoms with E-state index in [1.807, 2.05) is 0 Å². The van der Waals surface area contributed by atoms with Crippen molar-refractivity contribution in [1.29, 1.82) is 0 Å². The molecule has 0 spiro atoms. The Kier molecular flexibility index (Phi) is 1.42. The number of nitrogens with one attached hydrogen (secondary N) is 1. The third-order valence-electron chi connectivity index (χ3n) is 1.58. The van der Waals surface area contributed by atoms with Gasteiger partial charge in [0.1, 0.15) is 0 Å². The molecule has 4 heteroatoms. The fraction of sp³-hybridized carbons (Fsp3) is 0.143. The fourth-order valence-corrected chi connectivity index (χ4v) is 1.52. The van der Waals surface area contributed by atoms with Crippen LogP contribution in [0.15, 0.2) is 22.1 Å². The average Bonchev–Trinajstić information content (AvgIpc) is 2.32. The van der Waals surface area contributed by atoms with Crippen molar-refractivity contribution in [1.82, 2.24) is 4.98 Å². The van der Waals surface area contributed by atoms with Gasteiger partial charge in [-0.15, -0.1) is 0 Å². The van der Waals surface area contributed by atoms with Crippen LogP contribution in [0.3, 0.4) is 0 Å². The Hall–Kier alpha value is -0.900. The normalized spacial score (nSPS) is 20.3. The lowest BCUT2D eigenvalue weighted by Gasteiger charge is -1.97. The number of H-pyrrole nitrogens is 1. The first-order valence-corrected chi connectivity index (χ1v) is 4.10. The van der Waals surface area contributed by atoms with E-state index in [1.165, 1.54) is 6.07 Å². The molecule has 1 aromatic rings. The molecule has 0 aromatic carbocycles. The molecule has 1 aromatic heterocycles. The molecule has 1 N–H and O–H groups in total. The average molecular weight is 213 g/mol. The van der Waals surface area contributed by atoms with Gasteiger partial charge >= 0.3 is 0 Å². The first-order chi connectivity index (χ1) is 5.27. The summed E-state index contributed by atoms with van der Waals surface area (Å²) in [6, 6.07) is 1.49. The summed E-state index contributed by atoms with van der Waals surface area (Å²) in [6.07, 6.45) is 3.45. The van der Waals surface area contributed by atoms with Crippen LogP contribution >= 0.6 is 15.9 Å². The highest BCUT2D eigenvalue weighted by Gasteiger charge is 2.15. The molecule has 0 aliphatic carbocycles. The molecule has 1 unspecified atom stereocenters. The predicted molar refractivity (Wildman–Crippen MR) is 46.9 cm³/mol. The maximum Gasteiger partial charge on any atom is 0.250 e. The first kappa shape index (κ1) is 6.79. The Bertz CT molecular complexity index is 369. The number of aliphatic imine (C=N–C) groups is 1. The van der Waals surface area contributed by atoms with Crippen molar-refractivity contribution in [3.05, 3.63) is 28.2 Å². The van der Waals surface area contributed by atoms with Crippen LogP contribution < -0.4 is 5.56 Å². The Labute approximate surface area is 71.3 Å². The van der Waals surface area contributed by atoms with E-state index in [0.717, 1.165) is 11.3 Å². The number of hydrogen-bond acceptors (Lipinski definition) is 2. The minimum absolute atomic E-state index is 0.109. The predicted octanol–water partition coefficient (Wildman–Crippen LogP) is 1.53. The molecule has 2 heterocycles. The van der Waals surface area contributed by atoms with E-state index >= 15 is 0 Å². The summed E-state index contributed by atoms with van der Waals surface area (Å²) in [4.78, 5) is 17.6. The molecule has 0 fully saturated rings. The summed E-state index contributed by atoms with van der Waals surface area (Å²) in [5.41, 5.74) is 1.67. The molecule has 1 aliphatic heterocycles. The molecular weight excluding hydrogens is 208 g/mol. The Morgan fingerprint density at radius 1 is 1.64 bits per heavy atom. The van der Waals surface area contributed by atoms with Crippen LogP contribution in [0.2, 0.25) is 0 Å². The van der Waals surface area contributed by atoms with Gasteiger partial charge in [-0.05, 0) is 0 Å². The summed E-state index contributed by atoms with van der Waals surface area (Å²) in [7, 11) is 0. The van der Waals surface area contributed by atoms with Crippen LogP contribution in [-0.2, 0) is 0 Å². The number of pyridine rings is 1. The smallest absolute Gasteiger partial charge is 0.250 e. The van der Waals surface area contributed by atoms with Gasteiger partial charge in [-0.3, -0.25) is 9.79 Å². The van der Waals surface area contributed by atoms with E-state index in [-0.39, 0.29) is 10.4 Å². The van der Waals surface area contributed by atoms with Crippen LogP contribution in [0.5, 0.6) is 0 Å². The zero-order chi connectivity index (χ0) is 7.84. The van der Waals surface area contributed by atoms with Crippen molar-refractivity contribution in [2.75, 3.05) is 0 Å². The van der Waals surface area contributed by atoms with Crippen molar-refractivity contribution >= 4 is 27.8 Å². The third kappa shape index (κ3) is 1.03. The second-order valence-corrected chi connectivity index (χ2v) is 3.30. The highest BCUT2D eigenvalue weighted by atomic mass is 79.9. The van der Waals surface area contributed by atoms with Gasteiger partial charge in [-0.2, -0.15) is 0 Å².